The summed E-state index contributed by atoms with van der Waals surface area (Å²) in [6.07, 6.45) is 0.0314. The standard InChI is InChI=1S/C10H21NO2/c1-7(13-6)9(10(3,4)5)11-8(2)12/h7,9H,1-6H3,(H,11,12). The fraction of sp³-hybridized carbons (Fsp3) is 0.900. The number of rotatable bonds is 3. The van der Waals surface area contributed by atoms with Crippen molar-refractivity contribution < 1.29 is 9.53 Å². The number of carbonyl (C=O) groups excluding carboxylic acids is 1. The van der Waals surface area contributed by atoms with Crippen LogP contribution in [0.3, 0.4) is 0 Å². The number of carbonyl (C=O) groups is 1. The quantitative estimate of drug-likeness (QED) is 0.728. The molecule has 3 nitrogen and oxygen atoms in total. The molecule has 1 amide bonds. The molecule has 0 rings (SSSR count). The second-order valence-electron chi connectivity index (χ2n) is 4.49. The van der Waals surface area contributed by atoms with Crippen LogP contribution in [0.5, 0.6) is 0 Å². The Bertz CT molecular complexity index is 172. The zero-order chi connectivity index (χ0) is 10.6. The van der Waals surface area contributed by atoms with E-state index >= 15 is 0 Å². The molecule has 0 heterocycles. The minimum absolute atomic E-state index is 0.0103. The average Bonchev–Trinajstić information content (AvgIpc) is 1.96. The summed E-state index contributed by atoms with van der Waals surface area (Å²) in [6.45, 7) is 9.75. The number of methoxy groups -OCH3 is 1. The summed E-state index contributed by atoms with van der Waals surface area (Å²) < 4.78 is 5.22. The first-order chi connectivity index (χ1) is 5.79. The van der Waals surface area contributed by atoms with E-state index in [1.165, 1.54) is 6.92 Å². The number of ether oxygens (including phenoxy) is 1. The Morgan fingerprint density at radius 2 is 1.85 bits per heavy atom. The van der Waals surface area contributed by atoms with Crippen LogP contribution in [0.25, 0.3) is 0 Å². The number of amides is 1. The van der Waals surface area contributed by atoms with Crippen molar-refractivity contribution >= 4 is 5.91 Å². The summed E-state index contributed by atoms with van der Waals surface area (Å²) in [6, 6.07) is 0.0509. The molecule has 0 bridgehead atoms. The van der Waals surface area contributed by atoms with E-state index in [2.05, 4.69) is 26.1 Å². The molecule has 3 heteroatoms. The highest BCUT2D eigenvalue weighted by Crippen LogP contribution is 2.22. The van der Waals surface area contributed by atoms with Gasteiger partial charge in [-0.3, -0.25) is 4.79 Å². The zero-order valence-electron chi connectivity index (χ0n) is 9.47. The maximum Gasteiger partial charge on any atom is 0.217 e. The second-order valence-corrected chi connectivity index (χ2v) is 4.49. The topological polar surface area (TPSA) is 38.3 Å². The number of hydrogen-bond acceptors (Lipinski definition) is 2. The van der Waals surface area contributed by atoms with E-state index in [4.69, 9.17) is 4.74 Å². The molecule has 2 unspecified atom stereocenters. The normalized spacial score (nSPS) is 16.5. The lowest BCUT2D eigenvalue weighted by atomic mass is 9.83. The molecule has 0 aliphatic heterocycles. The molecular weight excluding hydrogens is 166 g/mol. The summed E-state index contributed by atoms with van der Waals surface area (Å²) >= 11 is 0. The van der Waals surface area contributed by atoms with Crippen LogP contribution in [0.15, 0.2) is 0 Å². The highest BCUT2D eigenvalue weighted by molar-refractivity contribution is 5.73. The Morgan fingerprint density at radius 3 is 2.08 bits per heavy atom. The minimum atomic E-state index is -0.0103. The van der Waals surface area contributed by atoms with Gasteiger partial charge in [-0.05, 0) is 12.3 Å². The molecule has 0 aliphatic carbocycles. The third kappa shape index (κ3) is 4.27. The maximum absolute atomic E-state index is 11.0. The monoisotopic (exact) mass is 187 g/mol. The highest BCUT2D eigenvalue weighted by atomic mass is 16.5. The SMILES string of the molecule is COC(C)C(NC(C)=O)C(C)(C)C. The summed E-state index contributed by atoms with van der Waals surface area (Å²) in [5.41, 5.74) is 0.0150. The van der Waals surface area contributed by atoms with Gasteiger partial charge in [-0.2, -0.15) is 0 Å². The van der Waals surface area contributed by atoms with Crippen molar-refractivity contribution in [2.75, 3.05) is 7.11 Å². The molecule has 0 aliphatic rings. The lowest BCUT2D eigenvalue weighted by molar-refractivity contribution is -0.121. The summed E-state index contributed by atoms with van der Waals surface area (Å²) in [5.74, 6) is -0.0103. The van der Waals surface area contributed by atoms with Gasteiger partial charge in [-0.1, -0.05) is 20.8 Å². The molecule has 0 aromatic rings. The molecule has 13 heavy (non-hydrogen) atoms. The van der Waals surface area contributed by atoms with E-state index in [1.54, 1.807) is 7.11 Å². The fourth-order valence-corrected chi connectivity index (χ4v) is 1.39. The first-order valence-corrected chi connectivity index (χ1v) is 4.59. The molecule has 1 N–H and O–H groups in total. The average molecular weight is 187 g/mol. The van der Waals surface area contributed by atoms with Crippen LogP contribution < -0.4 is 5.32 Å². The highest BCUT2D eigenvalue weighted by Gasteiger charge is 2.30. The lowest BCUT2D eigenvalue weighted by Gasteiger charge is -2.35. The van der Waals surface area contributed by atoms with Crippen LogP contribution in [0.2, 0.25) is 0 Å². The van der Waals surface area contributed by atoms with Gasteiger partial charge >= 0.3 is 0 Å². The van der Waals surface area contributed by atoms with Gasteiger partial charge in [0.2, 0.25) is 5.91 Å². The van der Waals surface area contributed by atoms with Gasteiger partial charge < -0.3 is 10.1 Å². The van der Waals surface area contributed by atoms with Crippen LogP contribution in [0, 0.1) is 5.41 Å². The molecule has 2 atom stereocenters. The van der Waals surface area contributed by atoms with Crippen molar-refractivity contribution in [3.63, 3.8) is 0 Å². The van der Waals surface area contributed by atoms with Crippen molar-refractivity contribution in [2.24, 2.45) is 5.41 Å². The van der Waals surface area contributed by atoms with E-state index in [-0.39, 0.29) is 23.5 Å². The molecule has 0 aromatic carbocycles. The van der Waals surface area contributed by atoms with Gasteiger partial charge in [0.15, 0.2) is 0 Å². The first-order valence-electron chi connectivity index (χ1n) is 4.59. The second kappa shape index (κ2) is 4.61. The molecule has 0 saturated heterocycles. The smallest absolute Gasteiger partial charge is 0.217 e. The molecule has 0 fully saturated rings. The van der Waals surface area contributed by atoms with Crippen LogP contribution in [0.1, 0.15) is 34.6 Å². The number of nitrogens with one attached hydrogen (secondary N) is 1. The molecule has 0 aromatic heterocycles. The van der Waals surface area contributed by atoms with E-state index in [9.17, 15) is 4.79 Å². The Morgan fingerprint density at radius 1 is 1.38 bits per heavy atom. The predicted octanol–water partition coefficient (Wildman–Crippen LogP) is 1.57. The Kier molecular flexibility index (Phi) is 4.40. The third-order valence-corrected chi connectivity index (χ3v) is 2.13. The molecule has 0 radical (unpaired) electrons. The van der Waals surface area contributed by atoms with E-state index in [0.717, 1.165) is 0 Å². The van der Waals surface area contributed by atoms with Crippen molar-refractivity contribution in [2.45, 2.75) is 46.8 Å². The van der Waals surface area contributed by atoms with E-state index in [1.807, 2.05) is 6.92 Å². The van der Waals surface area contributed by atoms with Crippen molar-refractivity contribution in [3.8, 4) is 0 Å². The van der Waals surface area contributed by atoms with Gasteiger partial charge in [0, 0.05) is 14.0 Å². The maximum atomic E-state index is 11.0. The fourth-order valence-electron chi connectivity index (χ4n) is 1.39. The Labute approximate surface area is 80.8 Å². The van der Waals surface area contributed by atoms with Crippen molar-refractivity contribution in [3.05, 3.63) is 0 Å². The molecule has 0 spiro atoms. The third-order valence-electron chi connectivity index (χ3n) is 2.13. The van der Waals surface area contributed by atoms with Gasteiger partial charge in [-0.25, -0.2) is 0 Å². The summed E-state index contributed by atoms with van der Waals surface area (Å²) in [5, 5.41) is 2.91. The molecular formula is C10H21NO2. The van der Waals surface area contributed by atoms with Crippen LogP contribution in [0.4, 0.5) is 0 Å². The van der Waals surface area contributed by atoms with E-state index < -0.39 is 0 Å². The first kappa shape index (κ1) is 12.4. The largest absolute Gasteiger partial charge is 0.380 e. The van der Waals surface area contributed by atoms with Gasteiger partial charge in [0.05, 0.1) is 12.1 Å². The lowest BCUT2D eigenvalue weighted by Crippen LogP contribution is -2.50. The minimum Gasteiger partial charge on any atom is -0.380 e. The van der Waals surface area contributed by atoms with Crippen molar-refractivity contribution in [1.82, 2.24) is 5.32 Å². The van der Waals surface area contributed by atoms with Crippen LogP contribution in [-0.4, -0.2) is 25.2 Å². The molecule has 0 saturated carbocycles. The van der Waals surface area contributed by atoms with Gasteiger partial charge in [0.1, 0.15) is 0 Å². The predicted molar refractivity (Wildman–Crippen MR) is 53.5 cm³/mol. The van der Waals surface area contributed by atoms with Crippen LogP contribution >= 0.6 is 0 Å². The zero-order valence-corrected chi connectivity index (χ0v) is 9.47. The summed E-state index contributed by atoms with van der Waals surface area (Å²) in [7, 11) is 1.66. The van der Waals surface area contributed by atoms with Gasteiger partial charge in [0.25, 0.3) is 0 Å². The van der Waals surface area contributed by atoms with Gasteiger partial charge in [-0.15, -0.1) is 0 Å². The summed E-state index contributed by atoms with van der Waals surface area (Å²) in [4.78, 5) is 11.0. The Balaban J connectivity index is 4.46. The molecule has 78 valence electrons. The van der Waals surface area contributed by atoms with E-state index in [0.29, 0.717) is 0 Å². The van der Waals surface area contributed by atoms with Crippen molar-refractivity contribution in [1.29, 1.82) is 0 Å². The van der Waals surface area contributed by atoms with Crippen LogP contribution in [-0.2, 0) is 9.53 Å². The number of hydrogen-bond donors (Lipinski definition) is 1. The Hall–Kier alpha value is -0.570.